The zero-order valence-electron chi connectivity index (χ0n) is 16.4. The molecule has 0 aliphatic rings. The van der Waals surface area contributed by atoms with E-state index >= 15 is 0 Å². The average molecular weight is 486 g/mol. The summed E-state index contributed by atoms with van der Waals surface area (Å²) in [5, 5.41) is 7.61. The Morgan fingerprint density at radius 2 is 1.80 bits per heavy atom. The highest BCUT2D eigenvalue weighted by Gasteiger charge is 2.16. The van der Waals surface area contributed by atoms with Crippen LogP contribution in [-0.2, 0) is 4.79 Å². The van der Waals surface area contributed by atoms with Gasteiger partial charge in [0, 0.05) is 21.6 Å². The molecule has 2 amide bonds. The second-order valence-corrected chi connectivity index (χ2v) is 8.36. The predicted octanol–water partition coefficient (Wildman–Crippen LogP) is 5.10. The number of benzene rings is 2. The minimum absolute atomic E-state index is 0.0659. The molecule has 1 heterocycles. The summed E-state index contributed by atoms with van der Waals surface area (Å²) in [6.07, 6.45) is 3.27. The second-order valence-electron chi connectivity index (χ2n) is 6.55. The van der Waals surface area contributed by atoms with E-state index in [-0.39, 0.29) is 17.7 Å². The lowest BCUT2D eigenvalue weighted by Crippen LogP contribution is -2.30. The van der Waals surface area contributed by atoms with Crippen molar-refractivity contribution >= 4 is 50.3 Å². The van der Waals surface area contributed by atoms with Crippen LogP contribution in [0.3, 0.4) is 0 Å². The number of hydrogen-bond acceptors (Lipinski definition) is 5. The van der Waals surface area contributed by atoms with Crippen molar-refractivity contribution in [3.05, 3.63) is 81.4 Å². The van der Waals surface area contributed by atoms with Crippen molar-refractivity contribution in [2.75, 3.05) is 5.32 Å². The number of nitrogens with one attached hydrogen (secondary N) is 2. The van der Waals surface area contributed by atoms with Crippen molar-refractivity contribution < 1.29 is 14.3 Å². The van der Waals surface area contributed by atoms with Gasteiger partial charge in [-0.15, -0.1) is 11.3 Å². The molecule has 2 aromatic carbocycles. The number of ether oxygens (including phenoxy) is 1. The maximum Gasteiger partial charge on any atom is 0.273 e. The molecule has 0 saturated heterocycles. The van der Waals surface area contributed by atoms with E-state index in [0.717, 1.165) is 15.8 Å². The fraction of sp³-hybridized carbons (Fsp3) is 0.136. The standard InChI is InChI=1S/C22H20BrN3O3S/c1-14(2)29-18-9-3-15(4-10-18)13-19(21(28)26-22-24-11-12-30-22)25-20(27)16-5-7-17(23)8-6-16/h3-14H,1-2H3,(H,25,27)(H,24,26,28)/b19-13-. The van der Waals surface area contributed by atoms with Crippen LogP contribution in [0.15, 0.2) is 70.3 Å². The third kappa shape index (κ3) is 6.27. The third-order valence-corrected chi connectivity index (χ3v) is 5.03. The van der Waals surface area contributed by atoms with Crippen molar-refractivity contribution in [3.8, 4) is 5.75 Å². The Balaban J connectivity index is 1.84. The Kier molecular flexibility index (Phi) is 7.37. The Morgan fingerprint density at radius 1 is 1.10 bits per heavy atom. The number of aromatic nitrogens is 1. The van der Waals surface area contributed by atoms with Gasteiger partial charge < -0.3 is 10.1 Å². The topological polar surface area (TPSA) is 80.3 Å². The van der Waals surface area contributed by atoms with Crippen molar-refractivity contribution in [1.29, 1.82) is 0 Å². The molecular weight excluding hydrogens is 466 g/mol. The molecule has 0 spiro atoms. The normalized spacial score (nSPS) is 11.3. The van der Waals surface area contributed by atoms with E-state index in [2.05, 4.69) is 31.5 Å². The predicted molar refractivity (Wildman–Crippen MR) is 123 cm³/mol. The molecular formula is C22H20BrN3O3S. The van der Waals surface area contributed by atoms with Gasteiger partial charge in [-0.05, 0) is 61.9 Å². The number of anilines is 1. The van der Waals surface area contributed by atoms with E-state index in [4.69, 9.17) is 4.74 Å². The highest BCUT2D eigenvalue weighted by atomic mass is 79.9. The number of hydrogen-bond donors (Lipinski definition) is 2. The minimum Gasteiger partial charge on any atom is -0.491 e. The van der Waals surface area contributed by atoms with E-state index in [1.807, 2.05) is 38.1 Å². The molecule has 6 nitrogen and oxygen atoms in total. The van der Waals surface area contributed by atoms with Crippen LogP contribution >= 0.6 is 27.3 Å². The van der Waals surface area contributed by atoms with Crippen LogP contribution in [0.5, 0.6) is 5.75 Å². The Morgan fingerprint density at radius 3 is 2.40 bits per heavy atom. The summed E-state index contributed by atoms with van der Waals surface area (Å²) >= 11 is 4.64. The van der Waals surface area contributed by atoms with Crippen molar-refractivity contribution in [1.82, 2.24) is 10.3 Å². The van der Waals surface area contributed by atoms with E-state index in [9.17, 15) is 9.59 Å². The van der Waals surface area contributed by atoms with Gasteiger partial charge in [0.15, 0.2) is 5.13 Å². The van der Waals surface area contributed by atoms with Gasteiger partial charge in [0.1, 0.15) is 11.4 Å². The average Bonchev–Trinajstić information content (AvgIpc) is 3.22. The Hall–Kier alpha value is -2.97. The van der Waals surface area contributed by atoms with Crippen LogP contribution in [0.25, 0.3) is 6.08 Å². The van der Waals surface area contributed by atoms with Gasteiger partial charge in [0.05, 0.1) is 6.10 Å². The Labute approximate surface area is 187 Å². The van der Waals surface area contributed by atoms with Gasteiger partial charge in [-0.25, -0.2) is 4.98 Å². The lowest BCUT2D eigenvalue weighted by molar-refractivity contribution is -0.113. The Bertz CT molecular complexity index is 1030. The second kappa shape index (κ2) is 10.2. The summed E-state index contributed by atoms with van der Waals surface area (Å²) in [4.78, 5) is 29.5. The number of thiazole rings is 1. The van der Waals surface area contributed by atoms with Crippen molar-refractivity contribution in [2.24, 2.45) is 0 Å². The minimum atomic E-state index is -0.460. The summed E-state index contributed by atoms with van der Waals surface area (Å²) in [5.41, 5.74) is 1.29. The summed E-state index contributed by atoms with van der Waals surface area (Å²) in [6.45, 7) is 3.90. The van der Waals surface area contributed by atoms with E-state index in [0.29, 0.717) is 10.7 Å². The first-order valence-corrected chi connectivity index (χ1v) is 10.8. The van der Waals surface area contributed by atoms with Crippen molar-refractivity contribution in [3.63, 3.8) is 0 Å². The number of nitrogens with zero attached hydrogens (tertiary/aromatic N) is 1. The molecule has 3 aromatic rings. The summed E-state index contributed by atoms with van der Waals surface area (Å²) in [6, 6.07) is 14.2. The molecule has 1 aromatic heterocycles. The lowest BCUT2D eigenvalue weighted by atomic mass is 10.1. The van der Waals surface area contributed by atoms with Gasteiger partial charge in [0.2, 0.25) is 0 Å². The van der Waals surface area contributed by atoms with E-state index in [1.54, 1.807) is 41.9 Å². The molecule has 2 N–H and O–H groups in total. The van der Waals surface area contributed by atoms with Gasteiger partial charge in [-0.3, -0.25) is 14.9 Å². The first kappa shape index (κ1) is 21.7. The fourth-order valence-corrected chi connectivity index (χ4v) is 3.27. The van der Waals surface area contributed by atoms with Crippen LogP contribution in [0.1, 0.15) is 29.8 Å². The molecule has 30 heavy (non-hydrogen) atoms. The summed E-state index contributed by atoms with van der Waals surface area (Å²) < 4.78 is 6.50. The number of carbonyl (C=O) groups is 2. The summed E-state index contributed by atoms with van der Waals surface area (Å²) in [5.74, 6) is -0.115. The molecule has 8 heteroatoms. The van der Waals surface area contributed by atoms with Crippen LogP contribution in [0, 0.1) is 0 Å². The van der Waals surface area contributed by atoms with Crippen molar-refractivity contribution in [2.45, 2.75) is 20.0 Å². The van der Waals surface area contributed by atoms with Gasteiger partial charge >= 0.3 is 0 Å². The quantitative estimate of drug-likeness (QED) is 0.456. The van der Waals surface area contributed by atoms with Crippen LogP contribution in [-0.4, -0.2) is 22.9 Å². The molecule has 3 rings (SSSR count). The zero-order valence-corrected chi connectivity index (χ0v) is 18.8. The number of amides is 2. The van der Waals surface area contributed by atoms with E-state index in [1.165, 1.54) is 11.3 Å². The number of carbonyl (C=O) groups excluding carboxylic acids is 2. The van der Waals surface area contributed by atoms with Crippen LogP contribution in [0.4, 0.5) is 5.13 Å². The maximum absolute atomic E-state index is 12.8. The molecule has 154 valence electrons. The van der Waals surface area contributed by atoms with Gasteiger partial charge in [-0.2, -0.15) is 0 Å². The fourth-order valence-electron chi connectivity index (χ4n) is 2.49. The molecule has 0 unspecified atom stereocenters. The van der Waals surface area contributed by atoms with Gasteiger partial charge in [-0.1, -0.05) is 28.1 Å². The first-order chi connectivity index (χ1) is 14.4. The monoisotopic (exact) mass is 485 g/mol. The molecule has 0 aliphatic heterocycles. The van der Waals surface area contributed by atoms with Crippen LogP contribution < -0.4 is 15.4 Å². The lowest BCUT2D eigenvalue weighted by Gasteiger charge is -2.11. The SMILES string of the molecule is CC(C)Oc1ccc(/C=C(\NC(=O)c2ccc(Br)cc2)C(=O)Nc2nccs2)cc1. The largest absolute Gasteiger partial charge is 0.491 e. The molecule has 0 aliphatic carbocycles. The molecule has 0 saturated carbocycles. The van der Waals surface area contributed by atoms with Crippen LogP contribution in [0.2, 0.25) is 0 Å². The third-order valence-electron chi connectivity index (χ3n) is 3.81. The zero-order chi connectivity index (χ0) is 21.5. The van der Waals surface area contributed by atoms with Gasteiger partial charge in [0.25, 0.3) is 11.8 Å². The van der Waals surface area contributed by atoms with E-state index < -0.39 is 5.91 Å². The maximum atomic E-state index is 12.8. The number of rotatable bonds is 7. The molecule has 0 radical (unpaired) electrons. The molecule has 0 atom stereocenters. The molecule has 0 bridgehead atoms. The first-order valence-electron chi connectivity index (χ1n) is 9.17. The summed E-state index contributed by atoms with van der Waals surface area (Å²) in [7, 11) is 0. The number of halogens is 1. The highest BCUT2D eigenvalue weighted by Crippen LogP contribution is 2.17. The highest BCUT2D eigenvalue weighted by molar-refractivity contribution is 9.10. The smallest absolute Gasteiger partial charge is 0.273 e. The molecule has 0 fully saturated rings.